The van der Waals surface area contributed by atoms with Crippen molar-refractivity contribution in [3.05, 3.63) is 107 Å². The van der Waals surface area contributed by atoms with Crippen LogP contribution in [-0.4, -0.2) is 16.2 Å². The quantitative estimate of drug-likeness (QED) is 0.274. The highest BCUT2D eigenvalue weighted by Gasteiger charge is 2.15. The van der Waals surface area contributed by atoms with Crippen LogP contribution in [0.2, 0.25) is 0 Å². The molecule has 4 heteroatoms. The molecule has 0 fully saturated rings. The monoisotopic (exact) mass is 381 g/mol. The summed E-state index contributed by atoms with van der Waals surface area (Å²) in [5.41, 5.74) is 10.3. The number of Topliss-reactive ketones (excluding diaryl/α,β-unsaturated/α-hetero) is 1. The molecule has 0 bridgehead atoms. The molecule has 0 unspecified atom stereocenters. The SMILES string of the molecule is N=C(N)c1ccc(CCC(=O)c2cn(Cc3ccccc3)c3ccccc23)cc1. The zero-order valence-corrected chi connectivity index (χ0v) is 16.1. The molecular formula is C25H23N3O. The number of nitrogens with zero attached hydrogens (tertiary/aromatic N) is 1. The molecule has 0 saturated heterocycles. The van der Waals surface area contributed by atoms with E-state index in [9.17, 15) is 4.79 Å². The summed E-state index contributed by atoms with van der Waals surface area (Å²) in [6.07, 6.45) is 3.09. The number of carbonyl (C=O) groups excluding carboxylic acids is 1. The van der Waals surface area contributed by atoms with Crippen molar-refractivity contribution in [3.63, 3.8) is 0 Å². The van der Waals surface area contributed by atoms with Crippen molar-refractivity contribution in [2.75, 3.05) is 0 Å². The van der Waals surface area contributed by atoms with Crippen LogP contribution in [0.25, 0.3) is 10.9 Å². The number of benzene rings is 3. The summed E-state index contributed by atoms with van der Waals surface area (Å²) in [5, 5.41) is 8.47. The highest BCUT2D eigenvalue weighted by atomic mass is 16.1. The number of hydrogen-bond donors (Lipinski definition) is 2. The van der Waals surface area contributed by atoms with E-state index in [0.29, 0.717) is 18.4 Å². The minimum Gasteiger partial charge on any atom is -0.384 e. The molecule has 4 rings (SSSR count). The van der Waals surface area contributed by atoms with E-state index in [1.54, 1.807) is 0 Å². The first-order chi connectivity index (χ1) is 14.1. The van der Waals surface area contributed by atoms with Crippen LogP contribution in [0.1, 0.15) is 33.5 Å². The van der Waals surface area contributed by atoms with E-state index in [1.165, 1.54) is 5.56 Å². The molecule has 1 heterocycles. The van der Waals surface area contributed by atoms with Gasteiger partial charge in [0.05, 0.1) is 0 Å². The minimum absolute atomic E-state index is 0.0545. The van der Waals surface area contributed by atoms with Crippen LogP contribution in [0.4, 0.5) is 0 Å². The molecule has 0 atom stereocenters. The van der Waals surface area contributed by atoms with Gasteiger partial charge in [0.15, 0.2) is 5.78 Å². The Labute approximate surface area is 170 Å². The zero-order chi connectivity index (χ0) is 20.2. The molecule has 3 aromatic carbocycles. The fraction of sp³-hybridized carbons (Fsp3) is 0.120. The van der Waals surface area contributed by atoms with Gasteiger partial charge in [-0.15, -0.1) is 0 Å². The molecule has 3 N–H and O–H groups in total. The lowest BCUT2D eigenvalue weighted by Gasteiger charge is -2.05. The zero-order valence-electron chi connectivity index (χ0n) is 16.1. The van der Waals surface area contributed by atoms with Crippen molar-refractivity contribution < 1.29 is 4.79 Å². The second-order valence-corrected chi connectivity index (χ2v) is 7.21. The Morgan fingerprint density at radius 1 is 0.862 bits per heavy atom. The van der Waals surface area contributed by atoms with Crippen LogP contribution >= 0.6 is 0 Å². The molecule has 4 aromatic rings. The molecule has 0 amide bonds. The van der Waals surface area contributed by atoms with Crippen molar-refractivity contribution in [2.45, 2.75) is 19.4 Å². The predicted octanol–water partition coefficient (Wildman–Crippen LogP) is 4.79. The van der Waals surface area contributed by atoms with Gasteiger partial charge in [0.2, 0.25) is 0 Å². The van der Waals surface area contributed by atoms with E-state index in [0.717, 1.165) is 28.6 Å². The van der Waals surface area contributed by atoms with Gasteiger partial charge in [0.1, 0.15) is 5.84 Å². The number of rotatable bonds is 7. The number of nitrogens with one attached hydrogen (secondary N) is 1. The van der Waals surface area contributed by atoms with Crippen LogP contribution < -0.4 is 5.73 Å². The van der Waals surface area contributed by atoms with Crippen LogP contribution in [0.15, 0.2) is 85.1 Å². The Morgan fingerprint density at radius 2 is 1.55 bits per heavy atom. The van der Waals surface area contributed by atoms with Crippen molar-refractivity contribution in [2.24, 2.45) is 5.73 Å². The number of para-hydroxylation sites is 1. The largest absolute Gasteiger partial charge is 0.384 e. The number of nitrogens with two attached hydrogens (primary N) is 1. The Hall–Kier alpha value is -3.66. The molecule has 0 aliphatic heterocycles. The Kier molecular flexibility index (Phi) is 5.25. The van der Waals surface area contributed by atoms with Crippen LogP contribution in [-0.2, 0) is 13.0 Å². The molecule has 0 saturated carbocycles. The van der Waals surface area contributed by atoms with Gasteiger partial charge in [-0.2, -0.15) is 0 Å². The van der Waals surface area contributed by atoms with Crippen LogP contribution in [0, 0.1) is 5.41 Å². The van der Waals surface area contributed by atoms with Crippen molar-refractivity contribution in [1.29, 1.82) is 5.41 Å². The van der Waals surface area contributed by atoms with Gasteiger partial charge in [-0.05, 0) is 23.6 Å². The second-order valence-electron chi connectivity index (χ2n) is 7.21. The smallest absolute Gasteiger partial charge is 0.165 e. The summed E-state index contributed by atoms with van der Waals surface area (Å²) in [7, 11) is 0. The summed E-state index contributed by atoms with van der Waals surface area (Å²) >= 11 is 0. The number of carbonyl (C=O) groups is 1. The van der Waals surface area contributed by atoms with Crippen LogP contribution in [0.5, 0.6) is 0 Å². The topological polar surface area (TPSA) is 71.9 Å². The summed E-state index contributed by atoms with van der Waals surface area (Å²) < 4.78 is 2.15. The third-order valence-corrected chi connectivity index (χ3v) is 5.19. The number of nitrogen functional groups attached to an aromatic ring is 1. The first-order valence-electron chi connectivity index (χ1n) is 9.70. The van der Waals surface area contributed by atoms with E-state index in [-0.39, 0.29) is 11.6 Å². The van der Waals surface area contributed by atoms with E-state index in [2.05, 4.69) is 22.8 Å². The van der Waals surface area contributed by atoms with Gasteiger partial charge >= 0.3 is 0 Å². The van der Waals surface area contributed by atoms with Crippen molar-refractivity contribution in [1.82, 2.24) is 4.57 Å². The highest BCUT2D eigenvalue weighted by Crippen LogP contribution is 2.24. The molecule has 1 aromatic heterocycles. The Balaban J connectivity index is 1.55. The Morgan fingerprint density at radius 3 is 2.28 bits per heavy atom. The third-order valence-electron chi connectivity index (χ3n) is 5.19. The number of hydrogen-bond acceptors (Lipinski definition) is 2. The number of aromatic nitrogens is 1. The molecule has 4 nitrogen and oxygen atoms in total. The number of fused-ring (bicyclic) bond motifs is 1. The molecule has 0 aliphatic rings. The molecule has 0 radical (unpaired) electrons. The lowest BCUT2D eigenvalue weighted by molar-refractivity contribution is 0.0984. The van der Waals surface area contributed by atoms with Crippen molar-refractivity contribution >= 4 is 22.5 Å². The fourth-order valence-corrected chi connectivity index (χ4v) is 3.62. The van der Waals surface area contributed by atoms with E-state index in [1.807, 2.05) is 66.9 Å². The summed E-state index contributed by atoms with van der Waals surface area (Å²) in [4.78, 5) is 13.0. The Bertz CT molecular complexity index is 1160. The maximum atomic E-state index is 13.0. The number of aryl methyl sites for hydroxylation is 1. The maximum Gasteiger partial charge on any atom is 0.165 e. The summed E-state index contributed by atoms with van der Waals surface area (Å²) in [6, 6.07) is 25.9. The fourth-order valence-electron chi connectivity index (χ4n) is 3.62. The lowest BCUT2D eigenvalue weighted by atomic mass is 10.0. The van der Waals surface area contributed by atoms with E-state index < -0.39 is 0 Å². The number of ketones is 1. The maximum absolute atomic E-state index is 13.0. The molecule has 29 heavy (non-hydrogen) atoms. The van der Waals surface area contributed by atoms with Gasteiger partial charge in [0, 0.05) is 41.2 Å². The average Bonchev–Trinajstić information content (AvgIpc) is 3.12. The van der Waals surface area contributed by atoms with Crippen LogP contribution in [0.3, 0.4) is 0 Å². The van der Waals surface area contributed by atoms with Gasteiger partial charge < -0.3 is 10.3 Å². The van der Waals surface area contributed by atoms with Gasteiger partial charge in [0.25, 0.3) is 0 Å². The first kappa shape index (κ1) is 18.7. The van der Waals surface area contributed by atoms with Gasteiger partial charge in [-0.3, -0.25) is 10.2 Å². The highest BCUT2D eigenvalue weighted by molar-refractivity contribution is 6.08. The lowest BCUT2D eigenvalue weighted by Crippen LogP contribution is -2.10. The third kappa shape index (κ3) is 4.11. The van der Waals surface area contributed by atoms with E-state index in [4.69, 9.17) is 11.1 Å². The second kappa shape index (κ2) is 8.15. The minimum atomic E-state index is 0.0545. The molecular weight excluding hydrogens is 358 g/mol. The molecule has 0 aliphatic carbocycles. The van der Waals surface area contributed by atoms with Gasteiger partial charge in [-0.1, -0.05) is 72.8 Å². The summed E-state index contributed by atoms with van der Waals surface area (Å²) in [5.74, 6) is 0.197. The van der Waals surface area contributed by atoms with Gasteiger partial charge in [-0.25, -0.2) is 0 Å². The van der Waals surface area contributed by atoms with Crippen molar-refractivity contribution in [3.8, 4) is 0 Å². The first-order valence-corrected chi connectivity index (χ1v) is 9.70. The number of amidine groups is 1. The summed E-state index contributed by atoms with van der Waals surface area (Å²) in [6.45, 7) is 0.737. The molecule has 0 spiro atoms. The van der Waals surface area contributed by atoms with E-state index >= 15 is 0 Å². The standard InChI is InChI=1S/C25H23N3O/c26-25(27)20-13-10-18(11-14-20)12-15-24(29)22-17-28(16-19-6-2-1-3-7-19)23-9-5-4-8-21(22)23/h1-11,13-14,17H,12,15-16H2,(H3,26,27). The predicted molar refractivity (Wildman–Crippen MR) is 118 cm³/mol. The average molecular weight is 381 g/mol. The molecule has 144 valence electrons. The normalized spacial score (nSPS) is 10.9.